The Morgan fingerprint density at radius 2 is 2.24 bits per heavy atom. The van der Waals surface area contributed by atoms with Crippen molar-refractivity contribution in [3.05, 3.63) is 17.5 Å². The molecule has 5 nitrogen and oxygen atoms in total. The Kier molecular flexibility index (Phi) is 3.78. The number of hydrogen-bond donors (Lipinski definition) is 1. The Morgan fingerprint density at radius 3 is 2.82 bits per heavy atom. The van der Waals surface area contributed by atoms with Crippen molar-refractivity contribution in [1.29, 1.82) is 0 Å². The fraction of sp³-hybridized carbons (Fsp3) is 0.667. The van der Waals surface area contributed by atoms with Crippen LogP contribution in [-0.4, -0.2) is 22.3 Å². The zero-order valence-corrected chi connectivity index (χ0v) is 9.89. The van der Waals surface area contributed by atoms with Crippen LogP contribution in [0.25, 0.3) is 0 Å². The molecule has 1 aromatic rings. The number of carbonyl (C=O) groups is 1. The molecule has 1 fully saturated rings. The van der Waals surface area contributed by atoms with Gasteiger partial charge in [0.05, 0.1) is 6.10 Å². The van der Waals surface area contributed by atoms with Crippen molar-refractivity contribution in [2.75, 3.05) is 0 Å². The SMILES string of the molecule is CC1CCC(OCc2cc(C(=O)O)no2)CC1. The third-order valence-electron chi connectivity index (χ3n) is 3.20. The van der Waals surface area contributed by atoms with Crippen LogP contribution in [0.2, 0.25) is 0 Å². The molecule has 17 heavy (non-hydrogen) atoms. The highest BCUT2D eigenvalue weighted by Crippen LogP contribution is 2.26. The number of rotatable bonds is 4. The van der Waals surface area contributed by atoms with Gasteiger partial charge >= 0.3 is 5.97 Å². The number of ether oxygens (including phenoxy) is 1. The van der Waals surface area contributed by atoms with Crippen molar-refractivity contribution in [2.24, 2.45) is 5.92 Å². The predicted octanol–water partition coefficient (Wildman–Crippen LogP) is 2.47. The van der Waals surface area contributed by atoms with Gasteiger partial charge in [-0.2, -0.15) is 0 Å². The topological polar surface area (TPSA) is 72.6 Å². The lowest BCUT2D eigenvalue weighted by Gasteiger charge is -2.25. The predicted molar refractivity (Wildman–Crippen MR) is 59.7 cm³/mol. The first kappa shape index (κ1) is 12.1. The van der Waals surface area contributed by atoms with Crippen molar-refractivity contribution in [3.8, 4) is 0 Å². The summed E-state index contributed by atoms with van der Waals surface area (Å²) < 4.78 is 10.6. The maximum Gasteiger partial charge on any atom is 0.358 e. The number of carboxylic acid groups (broad SMARTS) is 1. The molecule has 0 aromatic carbocycles. The summed E-state index contributed by atoms with van der Waals surface area (Å²) in [5.74, 6) is 0.186. The van der Waals surface area contributed by atoms with Gasteiger partial charge in [-0.15, -0.1) is 0 Å². The molecule has 1 aliphatic rings. The van der Waals surface area contributed by atoms with Gasteiger partial charge < -0.3 is 14.4 Å². The molecule has 1 aromatic heterocycles. The molecule has 5 heteroatoms. The molecular formula is C12H17NO4. The van der Waals surface area contributed by atoms with Crippen LogP contribution in [0.1, 0.15) is 48.9 Å². The average Bonchev–Trinajstić information content (AvgIpc) is 2.77. The summed E-state index contributed by atoms with van der Waals surface area (Å²) in [7, 11) is 0. The van der Waals surface area contributed by atoms with Gasteiger partial charge in [-0.25, -0.2) is 4.79 Å². The molecule has 1 saturated carbocycles. The molecule has 2 rings (SSSR count). The van der Waals surface area contributed by atoms with Crippen LogP contribution >= 0.6 is 0 Å². The Morgan fingerprint density at radius 1 is 1.53 bits per heavy atom. The first-order valence-corrected chi connectivity index (χ1v) is 5.95. The molecule has 0 saturated heterocycles. The monoisotopic (exact) mass is 239 g/mol. The van der Waals surface area contributed by atoms with E-state index in [2.05, 4.69) is 12.1 Å². The highest BCUT2D eigenvalue weighted by Gasteiger charge is 2.19. The van der Waals surface area contributed by atoms with Crippen molar-refractivity contribution in [1.82, 2.24) is 5.16 Å². The van der Waals surface area contributed by atoms with E-state index in [-0.39, 0.29) is 11.8 Å². The van der Waals surface area contributed by atoms with Gasteiger partial charge in [0.25, 0.3) is 0 Å². The van der Waals surface area contributed by atoms with Gasteiger partial charge in [-0.3, -0.25) is 0 Å². The maximum absolute atomic E-state index is 10.6. The summed E-state index contributed by atoms with van der Waals surface area (Å²) >= 11 is 0. The fourth-order valence-electron chi connectivity index (χ4n) is 2.08. The van der Waals surface area contributed by atoms with E-state index in [1.165, 1.54) is 18.9 Å². The highest BCUT2D eigenvalue weighted by molar-refractivity contribution is 5.85. The first-order valence-electron chi connectivity index (χ1n) is 5.95. The smallest absolute Gasteiger partial charge is 0.358 e. The first-order chi connectivity index (χ1) is 8.15. The van der Waals surface area contributed by atoms with Crippen LogP contribution in [0.15, 0.2) is 10.6 Å². The van der Waals surface area contributed by atoms with E-state index in [1.54, 1.807) is 0 Å². The summed E-state index contributed by atoms with van der Waals surface area (Å²) in [6.45, 7) is 2.56. The summed E-state index contributed by atoms with van der Waals surface area (Å²) in [5, 5.41) is 12.1. The Hall–Kier alpha value is -1.36. The number of hydrogen-bond acceptors (Lipinski definition) is 4. The van der Waals surface area contributed by atoms with E-state index >= 15 is 0 Å². The minimum atomic E-state index is -1.08. The van der Waals surface area contributed by atoms with E-state index in [4.69, 9.17) is 14.4 Å². The number of carboxylic acids is 1. The molecule has 0 unspecified atom stereocenters. The van der Waals surface area contributed by atoms with Crippen LogP contribution in [0.3, 0.4) is 0 Å². The Balaban J connectivity index is 1.79. The van der Waals surface area contributed by atoms with E-state index in [1.807, 2.05) is 0 Å². The van der Waals surface area contributed by atoms with Crippen molar-refractivity contribution < 1.29 is 19.2 Å². The zero-order chi connectivity index (χ0) is 12.3. The molecule has 1 N–H and O–H groups in total. The van der Waals surface area contributed by atoms with Crippen molar-refractivity contribution in [2.45, 2.75) is 45.3 Å². The molecule has 0 spiro atoms. The van der Waals surface area contributed by atoms with E-state index < -0.39 is 5.97 Å². The highest BCUT2D eigenvalue weighted by atomic mass is 16.5. The molecule has 1 aliphatic carbocycles. The lowest BCUT2D eigenvalue weighted by molar-refractivity contribution is -0.000658. The third kappa shape index (κ3) is 3.30. The maximum atomic E-state index is 10.6. The van der Waals surface area contributed by atoms with Crippen molar-refractivity contribution in [3.63, 3.8) is 0 Å². The molecule has 0 radical (unpaired) electrons. The molecule has 94 valence electrons. The van der Waals surface area contributed by atoms with Gasteiger partial charge in [-0.05, 0) is 31.6 Å². The second-order valence-corrected chi connectivity index (χ2v) is 4.68. The van der Waals surface area contributed by atoms with Crippen LogP contribution in [0.5, 0.6) is 0 Å². The number of aromatic nitrogens is 1. The van der Waals surface area contributed by atoms with Gasteiger partial charge in [-0.1, -0.05) is 12.1 Å². The zero-order valence-electron chi connectivity index (χ0n) is 9.89. The van der Waals surface area contributed by atoms with Crippen LogP contribution in [0, 0.1) is 5.92 Å². The Labute approximate surface area is 99.7 Å². The summed E-state index contributed by atoms with van der Waals surface area (Å²) in [5.41, 5.74) is -0.0686. The average molecular weight is 239 g/mol. The molecule has 0 bridgehead atoms. The second kappa shape index (κ2) is 5.31. The minimum absolute atomic E-state index is 0.0686. The van der Waals surface area contributed by atoms with Crippen LogP contribution < -0.4 is 0 Å². The quantitative estimate of drug-likeness (QED) is 0.873. The van der Waals surface area contributed by atoms with E-state index in [0.717, 1.165) is 18.8 Å². The minimum Gasteiger partial charge on any atom is -0.476 e. The number of aromatic carboxylic acids is 1. The third-order valence-corrected chi connectivity index (χ3v) is 3.20. The van der Waals surface area contributed by atoms with E-state index in [9.17, 15) is 4.79 Å². The van der Waals surface area contributed by atoms with Crippen LogP contribution in [0.4, 0.5) is 0 Å². The van der Waals surface area contributed by atoms with Gasteiger partial charge in [0.2, 0.25) is 0 Å². The summed E-state index contributed by atoms with van der Waals surface area (Å²) in [6, 6.07) is 1.41. The summed E-state index contributed by atoms with van der Waals surface area (Å²) in [4.78, 5) is 10.6. The molecule has 1 heterocycles. The lowest BCUT2D eigenvalue weighted by atomic mass is 9.89. The van der Waals surface area contributed by atoms with Gasteiger partial charge in [0, 0.05) is 6.07 Å². The molecule has 0 atom stereocenters. The molecule has 0 aliphatic heterocycles. The number of nitrogens with zero attached hydrogens (tertiary/aromatic N) is 1. The van der Waals surface area contributed by atoms with E-state index in [0.29, 0.717) is 12.4 Å². The normalized spacial score (nSPS) is 24.8. The molecule has 0 amide bonds. The largest absolute Gasteiger partial charge is 0.476 e. The second-order valence-electron chi connectivity index (χ2n) is 4.68. The molecular weight excluding hydrogens is 222 g/mol. The van der Waals surface area contributed by atoms with Gasteiger partial charge in [0.15, 0.2) is 11.5 Å². The fourth-order valence-corrected chi connectivity index (χ4v) is 2.08. The lowest BCUT2D eigenvalue weighted by Crippen LogP contribution is -2.20. The van der Waals surface area contributed by atoms with Crippen molar-refractivity contribution >= 4 is 5.97 Å². The van der Waals surface area contributed by atoms with Crippen LogP contribution in [-0.2, 0) is 11.3 Å². The van der Waals surface area contributed by atoms with Gasteiger partial charge in [0.1, 0.15) is 6.61 Å². The standard InChI is InChI=1S/C12H17NO4/c1-8-2-4-9(5-3-8)16-7-10-6-11(12(14)15)13-17-10/h6,8-9H,2-5,7H2,1H3,(H,14,15). The summed E-state index contributed by atoms with van der Waals surface area (Å²) in [6.07, 6.45) is 4.80. The Bertz CT molecular complexity index is 380.